The van der Waals surface area contributed by atoms with E-state index in [4.69, 9.17) is 25.0 Å². The minimum absolute atomic E-state index is 0.160. The molecule has 0 amide bonds. The van der Waals surface area contributed by atoms with Gasteiger partial charge in [0, 0.05) is 0 Å². The van der Waals surface area contributed by atoms with Gasteiger partial charge in [0.1, 0.15) is 11.8 Å². The summed E-state index contributed by atoms with van der Waals surface area (Å²) < 4.78 is 22.2. The van der Waals surface area contributed by atoms with Crippen molar-refractivity contribution in [2.75, 3.05) is 13.2 Å². The molecule has 0 bridgehead atoms. The molecule has 0 aliphatic rings. The Hall–Kier alpha value is -1.44. The molecular formula is C25H46NO7P. The monoisotopic (exact) mass is 503 g/mol. The molecule has 9 heteroatoms. The van der Waals surface area contributed by atoms with Crippen molar-refractivity contribution in [3.05, 3.63) is 29.8 Å². The van der Waals surface area contributed by atoms with E-state index in [1.807, 2.05) is 0 Å². The summed E-state index contributed by atoms with van der Waals surface area (Å²) in [5, 5.41) is 17.5. The number of nitrogens with two attached hydrogens (primary N) is 1. The van der Waals surface area contributed by atoms with Crippen molar-refractivity contribution >= 4 is 13.8 Å². The molecule has 1 aromatic rings. The predicted molar refractivity (Wildman–Crippen MR) is 136 cm³/mol. The average molecular weight is 504 g/mol. The summed E-state index contributed by atoms with van der Waals surface area (Å²) in [4.78, 5) is 20.2. The molecule has 8 nitrogen and oxygen atoms in total. The number of phosphoric ester groups is 1. The molecule has 0 aromatic heterocycles. The van der Waals surface area contributed by atoms with E-state index in [0.717, 1.165) is 56.9 Å². The van der Waals surface area contributed by atoms with Gasteiger partial charge >= 0.3 is 13.8 Å². The molecular weight excluding hydrogens is 457 g/mol. The van der Waals surface area contributed by atoms with Crippen molar-refractivity contribution in [1.29, 1.82) is 0 Å². The second-order valence-electron chi connectivity index (χ2n) is 8.71. The molecule has 3 unspecified atom stereocenters. The van der Waals surface area contributed by atoms with Crippen molar-refractivity contribution < 1.29 is 33.5 Å². The molecule has 0 saturated carbocycles. The molecule has 0 spiro atoms. The number of hydrogen-bond acceptors (Lipinski definition) is 6. The van der Waals surface area contributed by atoms with Crippen LogP contribution in [-0.2, 0) is 24.8 Å². The van der Waals surface area contributed by atoms with Crippen LogP contribution in [0.4, 0.5) is 0 Å². The van der Waals surface area contributed by atoms with Crippen molar-refractivity contribution in [3.8, 4) is 5.75 Å². The SMILES string of the molecule is CCCCC(CC)COP(=O)(O)OCC(CC)CCCC.NC(Cc1ccc(O)cc1)C(=O)O. The van der Waals surface area contributed by atoms with Crippen LogP contribution >= 0.6 is 7.82 Å². The van der Waals surface area contributed by atoms with Gasteiger partial charge in [-0.15, -0.1) is 0 Å². The van der Waals surface area contributed by atoms with Crippen molar-refractivity contribution in [3.63, 3.8) is 0 Å². The van der Waals surface area contributed by atoms with Gasteiger partial charge in [-0.25, -0.2) is 4.57 Å². The van der Waals surface area contributed by atoms with Crippen LogP contribution in [0.25, 0.3) is 0 Å². The zero-order chi connectivity index (χ0) is 26.0. The maximum Gasteiger partial charge on any atom is 0.472 e. The molecule has 1 rings (SSSR count). The number of aliphatic carboxylic acids is 1. The van der Waals surface area contributed by atoms with Gasteiger partial charge in [-0.2, -0.15) is 0 Å². The van der Waals surface area contributed by atoms with Crippen molar-refractivity contribution in [2.45, 2.75) is 91.5 Å². The van der Waals surface area contributed by atoms with E-state index in [2.05, 4.69) is 27.7 Å². The van der Waals surface area contributed by atoms with E-state index in [1.54, 1.807) is 12.1 Å². The Labute approximate surface area is 205 Å². The van der Waals surface area contributed by atoms with Crippen LogP contribution in [0.2, 0.25) is 0 Å². The average Bonchev–Trinajstić information content (AvgIpc) is 2.81. The van der Waals surface area contributed by atoms with Crippen LogP contribution in [0, 0.1) is 11.8 Å². The third-order valence-corrected chi connectivity index (χ3v) is 6.69. The fourth-order valence-electron chi connectivity index (χ4n) is 3.21. The topological polar surface area (TPSA) is 139 Å². The molecule has 3 atom stereocenters. The summed E-state index contributed by atoms with van der Waals surface area (Å²) >= 11 is 0. The smallest absolute Gasteiger partial charge is 0.472 e. The Morgan fingerprint density at radius 1 is 0.941 bits per heavy atom. The van der Waals surface area contributed by atoms with Crippen LogP contribution in [-0.4, -0.2) is 40.3 Å². The molecule has 1 aromatic carbocycles. The Balaban J connectivity index is 0.000000712. The normalized spacial score (nSPS) is 15.5. The van der Waals surface area contributed by atoms with Crippen molar-refractivity contribution in [2.24, 2.45) is 17.6 Å². The van der Waals surface area contributed by atoms with Crippen molar-refractivity contribution in [1.82, 2.24) is 0 Å². The highest BCUT2D eigenvalue weighted by Crippen LogP contribution is 2.44. The number of hydrogen-bond donors (Lipinski definition) is 4. The Morgan fingerprint density at radius 2 is 1.38 bits per heavy atom. The first-order chi connectivity index (χ1) is 16.1. The summed E-state index contributed by atoms with van der Waals surface area (Å²) in [5.41, 5.74) is 6.12. The number of phosphoric acid groups is 1. The second-order valence-corrected chi connectivity index (χ2v) is 10.2. The maximum absolute atomic E-state index is 11.9. The lowest BCUT2D eigenvalue weighted by Crippen LogP contribution is -2.32. The summed E-state index contributed by atoms with van der Waals surface area (Å²) in [5.74, 6) is -0.173. The third kappa shape index (κ3) is 16.2. The lowest BCUT2D eigenvalue weighted by Gasteiger charge is -2.20. The highest BCUT2D eigenvalue weighted by molar-refractivity contribution is 7.47. The highest BCUT2D eigenvalue weighted by atomic mass is 31.2. The second kappa shape index (κ2) is 18.8. The van der Waals surface area contributed by atoms with Gasteiger partial charge in [0.25, 0.3) is 0 Å². The third-order valence-electron chi connectivity index (χ3n) is 5.74. The van der Waals surface area contributed by atoms with Gasteiger partial charge in [-0.05, 0) is 48.8 Å². The van der Waals surface area contributed by atoms with Gasteiger partial charge in [0.05, 0.1) is 13.2 Å². The minimum Gasteiger partial charge on any atom is -0.508 e. The Bertz CT molecular complexity index is 675. The number of rotatable bonds is 17. The van der Waals surface area contributed by atoms with Gasteiger partial charge in [-0.1, -0.05) is 78.4 Å². The number of carbonyl (C=O) groups is 1. The summed E-state index contributed by atoms with van der Waals surface area (Å²) in [6.45, 7) is 9.10. The molecule has 5 N–H and O–H groups in total. The number of carboxylic acid groups (broad SMARTS) is 1. The predicted octanol–water partition coefficient (Wildman–Crippen LogP) is 5.90. The largest absolute Gasteiger partial charge is 0.508 e. The van der Waals surface area contributed by atoms with E-state index in [9.17, 15) is 14.3 Å². The molecule has 0 fully saturated rings. The Kier molecular flexibility index (Phi) is 18.0. The summed E-state index contributed by atoms with van der Waals surface area (Å²) in [7, 11) is -3.89. The molecule has 0 aliphatic heterocycles. The number of unbranched alkanes of at least 4 members (excludes halogenated alkanes) is 2. The zero-order valence-electron chi connectivity index (χ0n) is 21.3. The first-order valence-corrected chi connectivity index (χ1v) is 14.0. The molecule has 0 radical (unpaired) electrons. The van der Waals surface area contributed by atoms with Crippen LogP contribution in [0.1, 0.15) is 84.6 Å². The number of aromatic hydroxyl groups is 1. The quantitative estimate of drug-likeness (QED) is 0.193. The highest BCUT2D eigenvalue weighted by Gasteiger charge is 2.24. The zero-order valence-corrected chi connectivity index (χ0v) is 22.2. The number of benzene rings is 1. The first-order valence-electron chi connectivity index (χ1n) is 12.5. The van der Waals surface area contributed by atoms with Crippen LogP contribution in [0.15, 0.2) is 24.3 Å². The van der Waals surface area contributed by atoms with E-state index in [-0.39, 0.29) is 12.2 Å². The molecule has 0 saturated heterocycles. The van der Waals surface area contributed by atoms with E-state index < -0.39 is 19.8 Å². The van der Waals surface area contributed by atoms with Crippen LogP contribution < -0.4 is 5.73 Å². The van der Waals surface area contributed by atoms with Gasteiger partial charge in [0.15, 0.2) is 0 Å². The number of carboxylic acids is 1. The molecule has 0 heterocycles. The lowest BCUT2D eigenvalue weighted by atomic mass is 10.0. The fourth-order valence-corrected chi connectivity index (χ4v) is 4.08. The molecule has 198 valence electrons. The summed E-state index contributed by atoms with van der Waals surface area (Å²) in [6, 6.07) is 5.42. The van der Waals surface area contributed by atoms with Gasteiger partial charge in [0.2, 0.25) is 0 Å². The minimum atomic E-state index is -3.89. The van der Waals surface area contributed by atoms with Gasteiger partial charge in [-0.3, -0.25) is 13.8 Å². The van der Waals surface area contributed by atoms with Crippen LogP contribution in [0.5, 0.6) is 5.75 Å². The van der Waals surface area contributed by atoms with E-state index in [0.29, 0.717) is 25.0 Å². The van der Waals surface area contributed by atoms with E-state index in [1.165, 1.54) is 12.1 Å². The summed E-state index contributed by atoms with van der Waals surface area (Å²) in [6.07, 6.45) is 8.83. The number of phenols is 1. The fraction of sp³-hybridized carbons (Fsp3) is 0.720. The number of phenolic OH excluding ortho intramolecular Hbond substituents is 1. The van der Waals surface area contributed by atoms with Crippen LogP contribution in [0.3, 0.4) is 0 Å². The van der Waals surface area contributed by atoms with Gasteiger partial charge < -0.3 is 20.8 Å². The standard InChI is InChI=1S/C16H35O4P.C9H11NO3/c1-5-9-11-15(7-3)13-19-21(17,18)20-14-16(8-4)12-10-6-2;10-8(9(12)13)5-6-1-3-7(11)4-2-6/h15-16H,5-14H2,1-4H3,(H,17,18);1-4,8,11H,5,10H2,(H,12,13). The molecule has 0 aliphatic carbocycles. The molecule has 34 heavy (non-hydrogen) atoms. The lowest BCUT2D eigenvalue weighted by molar-refractivity contribution is -0.138. The van der Waals surface area contributed by atoms with E-state index >= 15 is 0 Å². The Morgan fingerprint density at radius 3 is 1.74 bits per heavy atom. The first kappa shape index (κ1) is 32.6. The maximum atomic E-state index is 11.9.